The van der Waals surface area contributed by atoms with Crippen molar-refractivity contribution in [2.45, 2.75) is 13.2 Å². The number of carbonyl (C=O) groups is 1. The van der Waals surface area contributed by atoms with E-state index in [0.29, 0.717) is 10.9 Å². The summed E-state index contributed by atoms with van der Waals surface area (Å²) >= 11 is 0. The number of rotatable bonds is 8. The van der Waals surface area contributed by atoms with Crippen LogP contribution in [0.2, 0.25) is 0 Å². The van der Waals surface area contributed by atoms with Crippen molar-refractivity contribution < 1.29 is 22.7 Å². The number of ether oxygens (including phenoxy) is 1. The Balaban J connectivity index is 1.40. The van der Waals surface area contributed by atoms with Gasteiger partial charge in [-0.05, 0) is 17.7 Å². The minimum absolute atomic E-state index is 0.00411. The highest BCUT2D eigenvalue weighted by molar-refractivity contribution is 5.92. The summed E-state index contributed by atoms with van der Waals surface area (Å²) in [7, 11) is 0. The third-order valence-corrected chi connectivity index (χ3v) is 5.60. The van der Waals surface area contributed by atoms with Crippen LogP contribution < -0.4 is 5.32 Å². The van der Waals surface area contributed by atoms with Gasteiger partial charge in [0, 0.05) is 10.9 Å². The molecule has 0 bridgehead atoms. The van der Waals surface area contributed by atoms with E-state index >= 15 is 0 Å². The number of halogens is 3. The average Bonchev–Trinajstić information content (AvgIpc) is 3.28. The van der Waals surface area contributed by atoms with Crippen LogP contribution in [-0.2, 0) is 22.7 Å². The summed E-state index contributed by atoms with van der Waals surface area (Å²) < 4.78 is 50.0. The van der Waals surface area contributed by atoms with Gasteiger partial charge < -0.3 is 10.1 Å². The first-order chi connectivity index (χ1) is 18.0. The molecule has 0 saturated carbocycles. The number of hydrogen-bond acceptors (Lipinski definition) is 6. The normalized spacial score (nSPS) is 11.0. The molecule has 0 aliphatic rings. The first-order valence-electron chi connectivity index (χ1n) is 11.3. The van der Waals surface area contributed by atoms with Crippen LogP contribution in [0.15, 0.2) is 79.0 Å². The van der Waals surface area contributed by atoms with Gasteiger partial charge in [0.05, 0.1) is 12.7 Å². The Morgan fingerprint density at radius 1 is 0.892 bits per heavy atom. The second-order valence-electron chi connectivity index (χ2n) is 8.12. The third kappa shape index (κ3) is 5.27. The number of anilines is 1. The molecule has 3 aromatic carbocycles. The van der Waals surface area contributed by atoms with E-state index in [1.54, 1.807) is 24.3 Å². The summed E-state index contributed by atoms with van der Waals surface area (Å²) in [4.78, 5) is 20.3. The number of para-hydroxylation sites is 1. The molecule has 186 valence electrons. The highest BCUT2D eigenvalue weighted by Gasteiger charge is 2.20. The molecule has 7 nitrogen and oxygen atoms in total. The lowest BCUT2D eigenvalue weighted by molar-refractivity contribution is -0.142. The van der Waals surface area contributed by atoms with E-state index in [2.05, 4.69) is 20.4 Å². The van der Waals surface area contributed by atoms with Gasteiger partial charge in [0.1, 0.15) is 36.0 Å². The summed E-state index contributed by atoms with van der Waals surface area (Å²) in [5.74, 6) is -2.65. The summed E-state index contributed by atoms with van der Waals surface area (Å²) in [5.41, 5.74) is 1.45. The maximum Gasteiger partial charge on any atom is 0.325 e. The molecule has 0 aliphatic carbocycles. The summed E-state index contributed by atoms with van der Waals surface area (Å²) in [6.07, 6.45) is 0.932. The zero-order valence-corrected chi connectivity index (χ0v) is 19.4. The topological polar surface area (TPSA) is 81.9 Å². The zero-order valence-electron chi connectivity index (χ0n) is 19.4. The molecule has 37 heavy (non-hydrogen) atoms. The van der Waals surface area contributed by atoms with Gasteiger partial charge in [0.15, 0.2) is 17.5 Å². The molecule has 0 unspecified atom stereocenters. The van der Waals surface area contributed by atoms with Crippen molar-refractivity contribution >= 4 is 22.7 Å². The van der Waals surface area contributed by atoms with E-state index in [1.807, 2.05) is 30.3 Å². The summed E-state index contributed by atoms with van der Waals surface area (Å²) in [6.45, 7) is -0.295. The summed E-state index contributed by atoms with van der Waals surface area (Å²) in [6, 6.07) is 19.7. The molecule has 2 aromatic heterocycles. The van der Waals surface area contributed by atoms with Gasteiger partial charge in [-0.2, -0.15) is 5.10 Å². The first kappa shape index (κ1) is 24.0. The van der Waals surface area contributed by atoms with E-state index in [4.69, 9.17) is 4.74 Å². The number of esters is 1. The van der Waals surface area contributed by atoms with Gasteiger partial charge in [-0.25, -0.2) is 23.1 Å². The van der Waals surface area contributed by atoms with Gasteiger partial charge in [0.25, 0.3) is 0 Å². The Bertz CT molecular complexity index is 1570. The SMILES string of the molecule is O=C(CNc1nc(-c2nn(Cc3ccccc3F)c3c(F)cccc23)ncc1F)OCc1ccccc1. The molecule has 0 amide bonds. The van der Waals surface area contributed by atoms with Crippen LogP contribution in [0.3, 0.4) is 0 Å². The number of hydrogen-bond donors (Lipinski definition) is 1. The maximum absolute atomic E-state index is 14.8. The number of nitrogens with one attached hydrogen (secondary N) is 1. The molecular weight excluding hydrogens is 483 g/mol. The zero-order chi connectivity index (χ0) is 25.8. The molecular formula is C27H20F3N5O2. The minimum atomic E-state index is -0.791. The molecule has 0 atom stereocenters. The third-order valence-electron chi connectivity index (χ3n) is 5.60. The number of aromatic nitrogens is 4. The molecule has 2 heterocycles. The van der Waals surface area contributed by atoms with Crippen molar-refractivity contribution in [2.75, 3.05) is 11.9 Å². The molecule has 1 N–H and O–H groups in total. The second kappa shape index (κ2) is 10.5. The molecule has 5 aromatic rings. The highest BCUT2D eigenvalue weighted by Crippen LogP contribution is 2.29. The Morgan fingerprint density at radius 3 is 2.46 bits per heavy atom. The molecule has 0 radical (unpaired) electrons. The lowest BCUT2D eigenvalue weighted by Crippen LogP contribution is -2.18. The van der Waals surface area contributed by atoms with Crippen molar-refractivity contribution in [1.82, 2.24) is 19.7 Å². The number of nitrogens with zero attached hydrogens (tertiary/aromatic N) is 4. The standard InChI is InChI=1S/C27H20F3N5O2/c28-20-11-5-4-9-18(20)15-35-25-19(10-6-12-21(25)29)24(34-35)27-31-13-22(30)26(33-27)32-14-23(36)37-16-17-7-2-1-3-8-17/h1-13H,14-16H2,(H,31,32,33). The quantitative estimate of drug-likeness (QED) is 0.296. The Kier molecular flexibility index (Phi) is 6.80. The molecule has 0 saturated heterocycles. The number of benzene rings is 3. The van der Waals surface area contributed by atoms with Gasteiger partial charge >= 0.3 is 5.97 Å². The van der Waals surface area contributed by atoms with Crippen LogP contribution >= 0.6 is 0 Å². The van der Waals surface area contributed by atoms with Crippen molar-refractivity contribution in [3.63, 3.8) is 0 Å². The van der Waals surface area contributed by atoms with E-state index in [0.717, 1.165) is 11.8 Å². The van der Waals surface area contributed by atoms with E-state index in [9.17, 15) is 18.0 Å². The molecule has 0 spiro atoms. The van der Waals surface area contributed by atoms with Crippen LogP contribution in [0.1, 0.15) is 11.1 Å². The highest BCUT2D eigenvalue weighted by atomic mass is 19.1. The first-order valence-corrected chi connectivity index (χ1v) is 11.3. The predicted octanol–water partition coefficient (Wildman–Crippen LogP) is 5.11. The Morgan fingerprint density at radius 2 is 1.65 bits per heavy atom. The van der Waals surface area contributed by atoms with E-state index < -0.39 is 23.4 Å². The Hall–Kier alpha value is -4.73. The summed E-state index contributed by atoms with van der Waals surface area (Å²) in [5, 5.41) is 7.41. The van der Waals surface area contributed by atoms with Gasteiger partial charge in [-0.3, -0.25) is 9.48 Å². The van der Waals surface area contributed by atoms with E-state index in [-0.39, 0.29) is 42.5 Å². The lowest BCUT2D eigenvalue weighted by atomic mass is 10.2. The fourth-order valence-electron chi connectivity index (χ4n) is 3.81. The van der Waals surface area contributed by atoms with Crippen LogP contribution in [0.4, 0.5) is 19.0 Å². The molecule has 0 aliphatic heterocycles. The van der Waals surface area contributed by atoms with Crippen molar-refractivity contribution in [1.29, 1.82) is 0 Å². The Labute approximate surface area is 209 Å². The van der Waals surface area contributed by atoms with Gasteiger partial charge in [-0.15, -0.1) is 0 Å². The number of fused-ring (bicyclic) bond motifs is 1. The van der Waals surface area contributed by atoms with Crippen molar-refractivity contribution in [3.05, 3.63) is 108 Å². The average molecular weight is 503 g/mol. The van der Waals surface area contributed by atoms with E-state index in [1.165, 1.54) is 22.9 Å². The number of carbonyl (C=O) groups excluding carboxylic acids is 1. The fourth-order valence-corrected chi connectivity index (χ4v) is 3.81. The largest absolute Gasteiger partial charge is 0.460 e. The minimum Gasteiger partial charge on any atom is -0.460 e. The monoisotopic (exact) mass is 503 g/mol. The van der Waals surface area contributed by atoms with Crippen molar-refractivity contribution in [2.24, 2.45) is 0 Å². The van der Waals surface area contributed by atoms with Crippen LogP contribution in [0.25, 0.3) is 22.4 Å². The lowest BCUT2D eigenvalue weighted by Gasteiger charge is -2.08. The smallest absolute Gasteiger partial charge is 0.325 e. The fraction of sp³-hybridized carbons (Fsp3) is 0.111. The van der Waals surface area contributed by atoms with Crippen LogP contribution in [0.5, 0.6) is 0 Å². The van der Waals surface area contributed by atoms with Crippen LogP contribution in [-0.4, -0.2) is 32.3 Å². The predicted molar refractivity (Wildman–Crippen MR) is 131 cm³/mol. The second-order valence-corrected chi connectivity index (χ2v) is 8.12. The van der Waals surface area contributed by atoms with Crippen molar-refractivity contribution in [3.8, 4) is 11.5 Å². The molecule has 0 fully saturated rings. The van der Waals surface area contributed by atoms with Crippen LogP contribution in [0, 0.1) is 17.5 Å². The maximum atomic E-state index is 14.8. The molecule has 10 heteroatoms. The van der Waals surface area contributed by atoms with Gasteiger partial charge in [0.2, 0.25) is 0 Å². The van der Waals surface area contributed by atoms with Gasteiger partial charge in [-0.1, -0.05) is 60.7 Å². The molecule has 5 rings (SSSR count).